The van der Waals surface area contributed by atoms with E-state index in [1.165, 1.54) is 5.56 Å². The second-order valence-electron chi connectivity index (χ2n) is 5.20. The molecular weight excluding hydrogens is 234 g/mol. The van der Waals surface area contributed by atoms with Crippen molar-refractivity contribution in [2.75, 3.05) is 39.4 Å². The van der Waals surface area contributed by atoms with Crippen molar-refractivity contribution in [1.29, 1.82) is 0 Å². The third kappa shape index (κ3) is 3.96. The van der Waals surface area contributed by atoms with Gasteiger partial charge in [0.25, 0.3) is 0 Å². The number of aryl methyl sites for hydroxylation is 1. The molecule has 2 nitrogen and oxygen atoms in total. The summed E-state index contributed by atoms with van der Waals surface area (Å²) in [6, 6.07) is 8.37. The van der Waals surface area contributed by atoms with Gasteiger partial charge in [0, 0.05) is 5.56 Å². The summed E-state index contributed by atoms with van der Waals surface area (Å²) in [4.78, 5) is 0. The second kappa shape index (κ2) is 6.56. The molecule has 0 saturated carbocycles. The van der Waals surface area contributed by atoms with Crippen molar-refractivity contribution >= 4 is 0 Å². The highest BCUT2D eigenvalue weighted by atomic mass is 16.5. The predicted octanol–water partition coefficient (Wildman–Crippen LogP) is 2.38. The number of quaternary nitrogens is 1. The molecule has 2 rings (SSSR count). The lowest BCUT2D eigenvalue weighted by Crippen LogP contribution is -2.55. The first-order chi connectivity index (χ1) is 9.24. The van der Waals surface area contributed by atoms with Crippen LogP contribution in [0, 0.1) is 18.8 Å². The molecule has 0 N–H and O–H groups in total. The van der Waals surface area contributed by atoms with Gasteiger partial charge in [-0.3, -0.25) is 0 Å². The van der Waals surface area contributed by atoms with Gasteiger partial charge in [-0.2, -0.15) is 0 Å². The Morgan fingerprint density at radius 3 is 2.58 bits per heavy atom. The molecule has 0 amide bonds. The van der Waals surface area contributed by atoms with E-state index in [2.05, 4.69) is 49.6 Å². The van der Waals surface area contributed by atoms with Crippen molar-refractivity contribution in [3.05, 3.63) is 48.0 Å². The number of morpholine rings is 1. The molecule has 0 bridgehead atoms. The van der Waals surface area contributed by atoms with Crippen LogP contribution in [0.3, 0.4) is 0 Å². The third-order valence-corrected chi connectivity index (χ3v) is 3.64. The first-order valence-corrected chi connectivity index (χ1v) is 6.83. The van der Waals surface area contributed by atoms with Crippen LogP contribution in [0.2, 0.25) is 0 Å². The molecule has 0 unspecified atom stereocenters. The minimum atomic E-state index is 0.833. The molecule has 0 aliphatic carbocycles. The number of hydrogen-bond acceptors (Lipinski definition) is 1. The number of ether oxygens (including phenoxy) is 1. The molecule has 100 valence electrons. The molecular formula is C17H22NO+. The zero-order valence-electron chi connectivity index (χ0n) is 11.7. The first-order valence-electron chi connectivity index (χ1n) is 6.83. The lowest BCUT2D eigenvalue weighted by molar-refractivity contribution is -0.923. The van der Waals surface area contributed by atoms with Crippen LogP contribution >= 0.6 is 0 Å². The van der Waals surface area contributed by atoms with Crippen molar-refractivity contribution in [3.63, 3.8) is 0 Å². The molecule has 1 saturated heterocycles. The fourth-order valence-electron chi connectivity index (χ4n) is 2.36. The summed E-state index contributed by atoms with van der Waals surface area (Å²) in [5.41, 5.74) is 2.37. The van der Waals surface area contributed by atoms with E-state index in [1.807, 2.05) is 6.08 Å². The first kappa shape index (κ1) is 13.9. The Balaban J connectivity index is 2.02. The van der Waals surface area contributed by atoms with Gasteiger partial charge < -0.3 is 9.22 Å². The Morgan fingerprint density at radius 2 is 1.95 bits per heavy atom. The fraction of sp³-hybridized carbons (Fsp3) is 0.412. The second-order valence-corrected chi connectivity index (χ2v) is 5.20. The van der Waals surface area contributed by atoms with E-state index in [1.54, 1.807) is 0 Å². The molecule has 1 aromatic rings. The van der Waals surface area contributed by atoms with Crippen LogP contribution in [-0.4, -0.2) is 43.9 Å². The maximum absolute atomic E-state index is 5.45. The zero-order valence-corrected chi connectivity index (χ0v) is 11.7. The Hall–Kier alpha value is -1.56. The largest absolute Gasteiger partial charge is 0.370 e. The van der Waals surface area contributed by atoms with Crippen molar-refractivity contribution in [1.82, 2.24) is 0 Å². The summed E-state index contributed by atoms with van der Waals surface area (Å²) in [5.74, 6) is 6.60. The highest BCUT2D eigenvalue weighted by molar-refractivity contribution is 5.35. The molecule has 1 aromatic carbocycles. The highest BCUT2D eigenvalue weighted by Crippen LogP contribution is 2.11. The van der Waals surface area contributed by atoms with Gasteiger partial charge in [-0.05, 0) is 31.1 Å². The molecule has 1 fully saturated rings. The number of nitrogens with zero attached hydrogens (tertiary/aromatic N) is 1. The van der Waals surface area contributed by atoms with Gasteiger partial charge in [-0.25, -0.2) is 0 Å². The average molecular weight is 256 g/mol. The van der Waals surface area contributed by atoms with Crippen LogP contribution in [-0.2, 0) is 4.74 Å². The van der Waals surface area contributed by atoms with Crippen molar-refractivity contribution in [3.8, 4) is 11.8 Å². The third-order valence-electron chi connectivity index (χ3n) is 3.64. The lowest BCUT2D eigenvalue weighted by Gasteiger charge is -2.39. The maximum Gasteiger partial charge on any atom is 0.141 e. The SMILES string of the molecule is C=CC[N+]1(CC#Cc2ccc(C)cc2)CCOCC1. The zero-order chi connectivity index (χ0) is 13.6. The van der Waals surface area contributed by atoms with Gasteiger partial charge in [0.05, 0.1) is 19.8 Å². The molecule has 19 heavy (non-hydrogen) atoms. The summed E-state index contributed by atoms with van der Waals surface area (Å²) >= 11 is 0. The van der Waals surface area contributed by atoms with Gasteiger partial charge in [0.2, 0.25) is 0 Å². The summed E-state index contributed by atoms with van der Waals surface area (Å²) in [7, 11) is 0. The minimum absolute atomic E-state index is 0.833. The van der Waals surface area contributed by atoms with Crippen LogP contribution in [0.5, 0.6) is 0 Å². The average Bonchev–Trinajstić information content (AvgIpc) is 2.42. The molecule has 1 aliphatic rings. The predicted molar refractivity (Wildman–Crippen MR) is 78.8 cm³/mol. The molecule has 0 atom stereocenters. The molecule has 1 heterocycles. The van der Waals surface area contributed by atoms with E-state index in [0.29, 0.717) is 0 Å². The van der Waals surface area contributed by atoms with E-state index in [-0.39, 0.29) is 0 Å². The number of rotatable bonds is 3. The smallest absolute Gasteiger partial charge is 0.141 e. The van der Waals surface area contributed by atoms with E-state index >= 15 is 0 Å². The quantitative estimate of drug-likeness (QED) is 0.458. The molecule has 0 aromatic heterocycles. The highest BCUT2D eigenvalue weighted by Gasteiger charge is 2.27. The topological polar surface area (TPSA) is 9.23 Å². The van der Waals surface area contributed by atoms with Crippen molar-refractivity contribution in [2.45, 2.75) is 6.92 Å². The van der Waals surface area contributed by atoms with Crippen LogP contribution in [0.4, 0.5) is 0 Å². The van der Waals surface area contributed by atoms with Crippen LogP contribution in [0.1, 0.15) is 11.1 Å². The van der Waals surface area contributed by atoms with Gasteiger partial charge in [-0.15, -0.1) is 0 Å². The maximum atomic E-state index is 5.45. The Kier molecular flexibility index (Phi) is 4.79. The van der Waals surface area contributed by atoms with E-state index in [0.717, 1.165) is 49.4 Å². The van der Waals surface area contributed by atoms with Gasteiger partial charge >= 0.3 is 0 Å². The molecule has 1 aliphatic heterocycles. The van der Waals surface area contributed by atoms with Crippen LogP contribution < -0.4 is 0 Å². The Labute approximate surface area is 116 Å². The van der Waals surface area contributed by atoms with Crippen molar-refractivity contribution in [2.24, 2.45) is 0 Å². The monoisotopic (exact) mass is 256 g/mol. The van der Waals surface area contributed by atoms with Gasteiger partial charge in [0.15, 0.2) is 0 Å². The summed E-state index contributed by atoms with van der Waals surface area (Å²) in [5, 5.41) is 0. The fourth-order valence-corrected chi connectivity index (χ4v) is 2.36. The standard InChI is InChI=1S/C17H22NO/c1-3-10-18(12-14-19-15-13-18)11-4-5-17-8-6-16(2)7-9-17/h3,6-9H,1,10-15H2,2H3/q+1. The molecule has 0 spiro atoms. The van der Waals surface area contributed by atoms with Gasteiger partial charge in [0.1, 0.15) is 19.6 Å². The Morgan fingerprint density at radius 1 is 1.26 bits per heavy atom. The number of hydrogen-bond donors (Lipinski definition) is 0. The lowest BCUT2D eigenvalue weighted by atomic mass is 10.1. The Bertz CT molecular complexity index is 472. The van der Waals surface area contributed by atoms with Gasteiger partial charge in [-0.1, -0.05) is 30.2 Å². The summed E-state index contributed by atoms with van der Waals surface area (Å²) in [6.45, 7) is 11.6. The van der Waals surface area contributed by atoms with E-state index in [4.69, 9.17) is 4.74 Å². The van der Waals surface area contributed by atoms with E-state index in [9.17, 15) is 0 Å². The molecule has 0 radical (unpaired) electrons. The number of benzene rings is 1. The van der Waals surface area contributed by atoms with E-state index < -0.39 is 0 Å². The molecule has 2 heteroatoms. The minimum Gasteiger partial charge on any atom is -0.370 e. The van der Waals surface area contributed by atoms with Crippen LogP contribution in [0.15, 0.2) is 36.9 Å². The van der Waals surface area contributed by atoms with Crippen molar-refractivity contribution < 1.29 is 9.22 Å². The van der Waals surface area contributed by atoms with Crippen LogP contribution in [0.25, 0.3) is 0 Å². The summed E-state index contributed by atoms with van der Waals surface area (Å²) < 4.78 is 6.44. The summed E-state index contributed by atoms with van der Waals surface area (Å²) in [6.07, 6.45) is 2.00. The normalized spacial score (nSPS) is 17.3.